The van der Waals surface area contributed by atoms with Crippen LogP contribution in [-0.2, 0) is 12.8 Å². The molecule has 0 radical (unpaired) electrons. The van der Waals surface area contributed by atoms with Crippen molar-refractivity contribution in [2.24, 2.45) is 0 Å². The van der Waals surface area contributed by atoms with Crippen molar-refractivity contribution >= 4 is 11.4 Å². The van der Waals surface area contributed by atoms with E-state index in [1.165, 1.54) is 22.5 Å². The number of hydrogen-bond donors (Lipinski definition) is 0. The number of quaternary nitrogens is 1. The van der Waals surface area contributed by atoms with Crippen LogP contribution in [0.5, 0.6) is 0 Å². The van der Waals surface area contributed by atoms with Crippen LogP contribution >= 0.6 is 0 Å². The van der Waals surface area contributed by atoms with E-state index in [1.54, 1.807) is 0 Å². The normalized spacial score (nSPS) is 15.9. The zero-order valence-corrected chi connectivity index (χ0v) is 14.2. The fourth-order valence-corrected chi connectivity index (χ4v) is 3.21. The molecule has 0 amide bonds. The zero-order valence-electron chi connectivity index (χ0n) is 12.0. The van der Waals surface area contributed by atoms with Gasteiger partial charge in [-0.3, -0.25) is 0 Å². The minimum absolute atomic E-state index is 0. The molecule has 0 saturated heterocycles. The predicted octanol–water partition coefficient (Wildman–Crippen LogP) is 1.59. The lowest BCUT2D eigenvalue weighted by Gasteiger charge is -2.30. The third kappa shape index (κ3) is 2.42. The van der Waals surface area contributed by atoms with Gasteiger partial charge in [-0.25, -0.2) is 4.48 Å². The first-order valence-electron chi connectivity index (χ1n) is 6.93. The third-order valence-electron chi connectivity index (χ3n) is 4.10. The van der Waals surface area contributed by atoms with Crippen LogP contribution in [0.3, 0.4) is 0 Å². The Labute approximate surface area is 138 Å². The Morgan fingerprint density at radius 2 is 1.30 bits per heavy atom. The molecule has 0 saturated carbocycles. The fourth-order valence-electron chi connectivity index (χ4n) is 3.21. The number of nitrogens with zero attached hydrogens (tertiary/aromatic N) is 1. The van der Waals surface area contributed by atoms with Crippen LogP contribution in [-0.4, -0.2) is 7.05 Å². The zero-order chi connectivity index (χ0) is 13.3. The molecular weight excluding hydrogens is 357 g/mol. The van der Waals surface area contributed by atoms with Crippen LogP contribution in [0.15, 0.2) is 60.8 Å². The van der Waals surface area contributed by atoms with Gasteiger partial charge in [-0.05, 0) is 25.8 Å². The summed E-state index contributed by atoms with van der Waals surface area (Å²) < 4.78 is 0.767. The van der Waals surface area contributed by atoms with Crippen molar-refractivity contribution in [1.29, 1.82) is 0 Å². The van der Waals surface area contributed by atoms with E-state index in [9.17, 15) is 0 Å². The van der Waals surface area contributed by atoms with Crippen molar-refractivity contribution in [1.82, 2.24) is 4.48 Å². The molecule has 0 spiro atoms. The van der Waals surface area contributed by atoms with E-state index in [2.05, 4.69) is 74.8 Å². The van der Waals surface area contributed by atoms with Crippen LogP contribution < -0.4 is 28.5 Å². The molecule has 1 aliphatic rings. The average molecular weight is 377 g/mol. The Kier molecular flexibility index (Phi) is 4.66. The SMILES string of the molecule is C/C=C/[N+]1(C)c2ccccc2CCc2ccccc21.[I-]. The van der Waals surface area contributed by atoms with Crippen LogP contribution in [0, 0.1) is 0 Å². The fraction of sp³-hybridized carbons (Fsp3) is 0.222. The maximum Gasteiger partial charge on any atom is 0.145 e. The minimum Gasteiger partial charge on any atom is -1.00 e. The molecule has 0 aromatic heterocycles. The highest BCUT2D eigenvalue weighted by atomic mass is 127. The molecule has 1 heterocycles. The first-order valence-corrected chi connectivity index (χ1v) is 6.93. The second-order valence-electron chi connectivity index (χ2n) is 5.32. The maximum atomic E-state index is 2.28. The quantitative estimate of drug-likeness (QED) is 0.523. The summed E-state index contributed by atoms with van der Waals surface area (Å²) in [7, 11) is 2.28. The lowest BCUT2D eigenvalue weighted by atomic mass is 10.0. The number of allylic oxidation sites excluding steroid dienone is 1. The molecule has 0 N–H and O–H groups in total. The molecule has 0 atom stereocenters. The van der Waals surface area contributed by atoms with Gasteiger partial charge in [-0.1, -0.05) is 36.4 Å². The second kappa shape index (κ2) is 6.10. The van der Waals surface area contributed by atoms with Gasteiger partial charge in [0.1, 0.15) is 17.6 Å². The summed E-state index contributed by atoms with van der Waals surface area (Å²) in [5.74, 6) is 0. The van der Waals surface area contributed by atoms with E-state index in [-0.39, 0.29) is 24.0 Å². The first kappa shape index (κ1) is 15.3. The standard InChI is InChI=1S/C18H20N.HI/c1-3-14-19(2)17-10-6-4-8-15(17)12-13-16-9-5-7-11-18(16)19;/h3-11,14H,12-13H2,1-2H3;1H/q+1;/p-1/b14-3+;. The smallest absolute Gasteiger partial charge is 0.145 e. The van der Waals surface area contributed by atoms with Crippen molar-refractivity contribution < 1.29 is 24.0 Å². The number of rotatable bonds is 1. The van der Waals surface area contributed by atoms with Gasteiger partial charge in [0, 0.05) is 23.3 Å². The first-order chi connectivity index (χ1) is 9.25. The van der Waals surface area contributed by atoms with Crippen molar-refractivity contribution in [3.8, 4) is 0 Å². The molecule has 2 aromatic carbocycles. The lowest BCUT2D eigenvalue weighted by molar-refractivity contribution is -0.00000384. The van der Waals surface area contributed by atoms with E-state index in [4.69, 9.17) is 0 Å². The van der Waals surface area contributed by atoms with Crippen LogP contribution in [0.4, 0.5) is 11.4 Å². The van der Waals surface area contributed by atoms with Gasteiger partial charge in [-0.15, -0.1) is 0 Å². The molecule has 2 aromatic rings. The van der Waals surface area contributed by atoms with E-state index < -0.39 is 0 Å². The van der Waals surface area contributed by atoms with Crippen molar-refractivity contribution in [3.05, 3.63) is 71.9 Å². The summed E-state index contributed by atoms with van der Waals surface area (Å²) in [5, 5.41) is 0. The molecule has 2 heteroatoms. The summed E-state index contributed by atoms with van der Waals surface area (Å²) in [6, 6.07) is 17.6. The Balaban J connectivity index is 0.00000147. The van der Waals surface area contributed by atoms with Crippen molar-refractivity contribution in [2.75, 3.05) is 7.05 Å². The molecular formula is C18H20IN. The number of fused-ring (bicyclic) bond motifs is 2. The molecule has 104 valence electrons. The molecule has 0 unspecified atom stereocenters. The minimum atomic E-state index is 0. The third-order valence-corrected chi connectivity index (χ3v) is 4.10. The van der Waals surface area contributed by atoms with E-state index >= 15 is 0 Å². The van der Waals surface area contributed by atoms with E-state index in [1.807, 2.05) is 0 Å². The van der Waals surface area contributed by atoms with Crippen molar-refractivity contribution in [3.63, 3.8) is 0 Å². The number of para-hydroxylation sites is 2. The molecule has 0 aliphatic carbocycles. The highest BCUT2D eigenvalue weighted by Crippen LogP contribution is 2.41. The molecule has 0 bridgehead atoms. The number of hydrogen-bond acceptors (Lipinski definition) is 0. The molecule has 1 aliphatic heterocycles. The summed E-state index contributed by atoms with van der Waals surface area (Å²) in [6.45, 7) is 2.10. The van der Waals surface area contributed by atoms with Gasteiger partial charge < -0.3 is 24.0 Å². The Hall–Kier alpha value is -1.13. The monoisotopic (exact) mass is 377 g/mol. The van der Waals surface area contributed by atoms with Gasteiger partial charge in [0.2, 0.25) is 0 Å². The largest absolute Gasteiger partial charge is 1.00 e. The van der Waals surface area contributed by atoms with Gasteiger partial charge in [0.25, 0.3) is 0 Å². The summed E-state index contributed by atoms with van der Waals surface area (Å²) in [4.78, 5) is 0. The van der Waals surface area contributed by atoms with Gasteiger partial charge in [0.15, 0.2) is 0 Å². The summed E-state index contributed by atoms with van der Waals surface area (Å²) >= 11 is 0. The highest BCUT2D eigenvalue weighted by molar-refractivity contribution is 5.68. The van der Waals surface area contributed by atoms with Crippen molar-refractivity contribution in [2.45, 2.75) is 19.8 Å². The molecule has 3 rings (SSSR count). The molecule has 0 fully saturated rings. The Morgan fingerprint density at radius 1 is 0.850 bits per heavy atom. The van der Waals surface area contributed by atoms with E-state index in [0.29, 0.717) is 0 Å². The van der Waals surface area contributed by atoms with Crippen LogP contribution in [0.25, 0.3) is 0 Å². The lowest BCUT2D eigenvalue weighted by Crippen LogP contribution is -3.00. The number of halogens is 1. The van der Waals surface area contributed by atoms with Gasteiger partial charge >= 0.3 is 0 Å². The topological polar surface area (TPSA) is 0 Å². The maximum absolute atomic E-state index is 2.28. The Morgan fingerprint density at radius 3 is 1.75 bits per heavy atom. The van der Waals surface area contributed by atoms with Crippen LogP contribution in [0.2, 0.25) is 0 Å². The number of aryl methyl sites for hydroxylation is 2. The average Bonchev–Trinajstić information content (AvgIpc) is 2.57. The van der Waals surface area contributed by atoms with Crippen LogP contribution in [0.1, 0.15) is 18.1 Å². The molecule has 20 heavy (non-hydrogen) atoms. The summed E-state index contributed by atoms with van der Waals surface area (Å²) in [5.41, 5.74) is 5.70. The van der Waals surface area contributed by atoms with Gasteiger partial charge in [-0.2, -0.15) is 0 Å². The molecule has 1 nitrogen and oxygen atoms in total. The highest BCUT2D eigenvalue weighted by Gasteiger charge is 2.32. The summed E-state index contributed by atoms with van der Waals surface area (Å²) in [6.07, 6.45) is 6.68. The second-order valence-corrected chi connectivity index (χ2v) is 5.32. The van der Waals surface area contributed by atoms with E-state index in [0.717, 1.165) is 17.3 Å². The number of benzene rings is 2. The Bertz CT molecular complexity index is 583. The predicted molar refractivity (Wildman–Crippen MR) is 82.5 cm³/mol. The van der Waals surface area contributed by atoms with Gasteiger partial charge in [0.05, 0.1) is 7.05 Å².